The Kier molecular flexibility index (Phi) is 6.45. The normalized spacial score (nSPS) is 21.4. The van der Waals surface area contributed by atoms with Crippen molar-refractivity contribution in [2.45, 2.75) is 45.4 Å². The molecular weight excluding hydrogens is 350 g/mol. The molecule has 0 spiro atoms. The number of piperidine rings is 2. The standard InChI is InChI=1S/C21H28F2N2O2/c1-15(26)24-12-9-17(10-13-24)21(27)25-11-3-4-16(14-25)7-8-18-19(22)5-2-6-20(18)23/h2,5-6,16-17H,3-4,7-14H2,1H3. The summed E-state index contributed by atoms with van der Waals surface area (Å²) in [6.07, 6.45) is 4.41. The molecule has 2 heterocycles. The molecule has 1 aromatic carbocycles. The SMILES string of the molecule is CC(=O)N1CCC(C(=O)N2CCCC(CCc3c(F)cccc3F)C2)CC1. The monoisotopic (exact) mass is 378 g/mol. The minimum absolute atomic E-state index is 0.0108. The van der Waals surface area contributed by atoms with Crippen molar-refractivity contribution in [1.82, 2.24) is 9.80 Å². The number of nitrogens with zero attached hydrogens (tertiary/aromatic N) is 2. The van der Waals surface area contributed by atoms with Crippen molar-refractivity contribution in [3.63, 3.8) is 0 Å². The first-order chi connectivity index (χ1) is 13.0. The van der Waals surface area contributed by atoms with Gasteiger partial charge in [-0.3, -0.25) is 9.59 Å². The molecule has 2 amide bonds. The van der Waals surface area contributed by atoms with Crippen LogP contribution in [0.2, 0.25) is 0 Å². The molecule has 0 bridgehead atoms. The maximum atomic E-state index is 13.8. The predicted molar refractivity (Wildman–Crippen MR) is 99.0 cm³/mol. The van der Waals surface area contributed by atoms with E-state index in [0.29, 0.717) is 32.5 Å². The zero-order valence-corrected chi connectivity index (χ0v) is 15.9. The Morgan fingerprint density at radius 3 is 2.33 bits per heavy atom. The fourth-order valence-corrected chi connectivity index (χ4v) is 4.32. The van der Waals surface area contributed by atoms with Gasteiger partial charge in [0, 0.05) is 44.6 Å². The Balaban J connectivity index is 1.52. The zero-order chi connectivity index (χ0) is 19.4. The van der Waals surface area contributed by atoms with Gasteiger partial charge < -0.3 is 9.80 Å². The number of carbonyl (C=O) groups excluding carboxylic acids is 2. The molecule has 6 heteroatoms. The van der Waals surface area contributed by atoms with E-state index in [1.807, 2.05) is 4.90 Å². The molecule has 2 aliphatic heterocycles. The first-order valence-corrected chi connectivity index (χ1v) is 9.93. The summed E-state index contributed by atoms with van der Waals surface area (Å²) in [5, 5.41) is 0. The van der Waals surface area contributed by atoms with Crippen LogP contribution in [0.3, 0.4) is 0 Å². The summed E-state index contributed by atoms with van der Waals surface area (Å²) in [6.45, 7) is 4.29. The molecule has 1 atom stereocenters. The third-order valence-electron chi connectivity index (χ3n) is 5.98. The van der Waals surface area contributed by atoms with Crippen LogP contribution in [0.25, 0.3) is 0 Å². The third-order valence-corrected chi connectivity index (χ3v) is 5.98. The molecule has 1 unspecified atom stereocenters. The van der Waals surface area contributed by atoms with E-state index >= 15 is 0 Å². The summed E-state index contributed by atoms with van der Waals surface area (Å²) in [7, 11) is 0. The number of likely N-dealkylation sites (tertiary alicyclic amines) is 2. The number of rotatable bonds is 4. The van der Waals surface area contributed by atoms with Gasteiger partial charge in [-0.1, -0.05) is 6.07 Å². The number of halogens is 2. The van der Waals surface area contributed by atoms with E-state index in [4.69, 9.17) is 0 Å². The van der Waals surface area contributed by atoms with Crippen molar-refractivity contribution in [2.24, 2.45) is 11.8 Å². The summed E-state index contributed by atoms with van der Waals surface area (Å²) < 4.78 is 27.6. The van der Waals surface area contributed by atoms with Crippen molar-refractivity contribution >= 4 is 11.8 Å². The lowest BCUT2D eigenvalue weighted by molar-refractivity contribution is -0.141. The van der Waals surface area contributed by atoms with Gasteiger partial charge in [-0.05, 0) is 56.6 Å². The van der Waals surface area contributed by atoms with E-state index in [1.165, 1.54) is 18.2 Å². The summed E-state index contributed by atoms with van der Waals surface area (Å²) in [4.78, 5) is 28.0. The van der Waals surface area contributed by atoms with Crippen LogP contribution in [0, 0.1) is 23.5 Å². The molecule has 27 heavy (non-hydrogen) atoms. The lowest BCUT2D eigenvalue weighted by Crippen LogP contribution is -2.47. The number of benzene rings is 1. The first kappa shape index (κ1) is 19.8. The lowest BCUT2D eigenvalue weighted by Gasteiger charge is -2.37. The number of carbonyl (C=O) groups is 2. The highest BCUT2D eigenvalue weighted by atomic mass is 19.1. The summed E-state index contributed by atoms with van der Waals surface area (Å²) in [5.41, 5.74) is 0.151. The second-order valence-corrected chi connectivity index (χ2v) is 7.81. The highest BCUT2D eigenvalue weighted by Gasteiger charge is 2.32. The fourth-order valence-electron chi connectivity index (χ4n) is 4.32. The van der Waals surface area contributed by atoms with Crippen molar-refractivity contribution in [3.05, 3.63) is 35.4 Å². The maximum Gasteiger partial charge on any atom is 0.225 e. The van der Waals surface area contributed by atoms with Crippen LogP contribution in [0.5, 0.6) is 0 Å². The van der Waals surface area contributed by atoms with Gasteiger partial charge in [0.2, 0.25) is 11.8 Å². The summed E-state index contributed by atoms with van der Waals surface area (Å²) in [5.74, 6) is -0.464. The quantitative estimate of drug-likeness (QED) is 0.806. The molecule has 0 aromatic heterocycles. The van der Waals surface area contributed by atoms with E-state index in [0.717, 1.165) is 32.2 Å². The highest BCUT2D eigenvalue weighted by Crippen LogP contribution is 2.27. The van der Waals surface area contributed by atoms with Crippen LogP contribution in [0.1, 0.15) is 44.6 Å². The van der Waals surface area contributed by atoms with Gasteiger partial charge in [-0.15, -0.1) is 0 Å². The Bertz CT molecular complexity index is 667. The van der Waals surface area contributed by atoms with E-state index in [1.54, 1.807) is 11.8 Å². The van der Waals surface area contributed by atoms with Crippen molar-refractivity contribution in [2.75, 3.05) is 26.2 Å². The molecule has 2 saturated heterocycles. The molecule has 4 nitrogen and oxygen atoms in total. The van der Waals surface area contributed by atoms with Gasteiger partial charge in [0.15, 0.2) is 0 Å². The second-order valence-electron chi connectivity index (χ2n) is 7.81. The minimum Gasteiger partial charge on any atom is -0.343 e. The van der Waals surface area contributed by atoms with Crippen LogP contribution < -0.4 is 0 Å². The van der Waals surface area contributed by atoms with Gasteiger partial charge in [0.1, 0.15) is 11.6 Å². The summed E-state index contributed by atoms with van der Waals surface area (Å²) >= 11 is 0. The molecule has 1 aromatic rings. The smallest absolute Gasteiger partial charge is 0.225 e. The molecule has 2 aliphatic rings. The van der Waals surface area contributed by atoms with E-state index in [2.05, 4.69) is 0 Å². The predicted octanol–water partition coefficient (Wildman–Crippen LogP) is 3.39. The van der Waals surface area contributed by atoms with Crippen LogP contribution in [-0.4, -0.2) is 47.8 Å². The van der Waals surface area contributed by atoms with Gasteiger partial charge in [0.25, 0.3) is 0 Å². The average Bonchev–Trinajstić information content (AvgIpc) is 2.67. The second kappa shape index (κ2) is 8.81. The number of hydrogen-bond acceptors (Lipinski definition) is 2. The highest BCUT2D eigenvalue weighted by molar-refractivity contribution is 5.79. The first-order valence-electron chi connectivity index (χ1n) is 9.93. The maximum absolute atomic E-state index is 13.8. The topological polar surface area (TPSA) is 40.6 Å². The average molecular weight is 378 g/mol. The number of amides is 2. The van der Waals surface area contributed by atoms with Crippen LogP contribution >= 0.6 is 0 Å². The third kappa shape index (κ3) is 4.85. The Morgan fingerprint density at radius 1 is 1.04 bits per heavy atom. The zero-order valence-electron chi connectivity index (χ0n) is 15.9. The van der Waals surface area contributed by atoms with Gasteiger partial charge in [-0.25, -0.2) is 8.78 Å². The molecule has 0 radical (unpaired) electrons. The Hall–Kier alpha value is -1.98. The lowest BCUT2D eigenvalue weighted by atomic mass is 9.89. The number of hydrogen-bond donors (Lipinski definition) is 0. The molecule has 0 aliphatic carbocycles. The van der Waals surface area contributed by atoms with Crippen LogP contribution in [0.15, 0.2) is 18.2 Å². The van der Waals surface area contributed by atoms with Crippen LogP contribution in [-0.2, 0) is 16.0 Å². The fraction of sp³-hybridized carbons (Fsp3) is 0.619. The van der Waals surface area contributed by atoms with Crippen molar-refractivity contribution < 1.29 is 18.4 Å². The molecule has 0 saturated carbocycles. The van der Waals surface area contributed by atoms with E-state index < -0.39 is 11.6 Å². The largest absolute Gasteiger partial charge is 0.343 e. The van der Waals surface area contributed by atoms with Crippen LogP contribution in [0.4, 0.5) is 8.78 Å². The molecular formula is C21H28F2N2O2. The van der Waals surface area contributed by atoms with E-state index in [-0.39, 0.29) is 29.2 Å². The van der Waals surface area contributed by atoms with Gasteiger partial charge >= 0.3 is 0 Å². The van der Waals surface area contributed by atoms with E-state index in [9.17, 15) is 18.4 Å². The van der Waals surface area contributed by atoms with Gasteiger partial charge in [0.05, 0.1) is 0 Å². The Labute approximate surface area is 159 Å². The molecule has 3 rings (SSSR count). The van der Waals surface area contributed by atoms with Crippen molar-refractivity contribution in [3.8, 4) is 0 Å². The Morgan fingerprint density at radius 2 is 1.70 bits per heavy atom. The molecule has 2 fully saturated rings. The molecule has 148 valence electrons. The molecule has 0 N–H and O–H groups in total. The van der Waals surface area contributed by atoms with Crippen molar-refractivity contribution in [1.29, 1.82) is 0 Å². The summed E-state index contributed by atoms with van der Waals surface area (Å²) in [6, 6.07) is 3.97. The van der Waals surface area contributed by atoms with Gasteiger partial charge in [-0.2, -0.15) is 0 Å². The minimum atomic E-state index is -0.490.